The van der Waals surface area contributed by atoms with Gasteiger partial charge in [-0.15, -0.1) is 5.10 Å². The van der Waals surface area contributed by atoms with Crippen LogP contribution in [0.15, 0.2) is 79.5 Å². The minimum absolute atomic E-state index is 0.280. The van der Waals surface area contributed by atoms with Crippen LogP contribution in [-0.4, -0.2) is 38.6 Å². The molecule has 2 unspecified atom stereocenters. The average molecular weight is 471 g/mol. The summed E-state index contributed by atoms with van der Waals surface area (Å²) in [6.07, 6.45) is 6.80. The number of benzene rings is 2. The van der Waals surface area contributed by atoms with Crippen molar-refractivity contribution in [3.8, 4) is 11.6 Å². The molecule has 32 heavy (non-hydrogen) atoms. The number of para-hydroxylation sites is 1. The van der Waals surface area contributed by atoms with Gasteiger partial charge < -0.3 is 18.8 Å². The lowest BCUT2D eigenvalue weighted by Crippen LogP contribution is -2.34. The maximum atomic E-state index is 6.51. The first kappa shape index (κ1) is 21.0. The Hall–Kier alpha value is -2.84. The van der Waals surface area contributed by atoms with Crippen LogP contribution in [-0.2, 0) is 21.8 Å². The molecule has 2 aromatic heterocycles. The molecule has 0 N–H and O–H groups in total. The third-order valence-electron chi connectivity index (χ3n) is 5.15. The molecule has 0 spiro atoms. The quantitative estimate of drug-likeness (QED) is 0.390. The highest BCUT2D eigenvalue weighted by Gasteiger charge is 2.45. The van der Waals surface area contributed by atoms with Crippen molar-refractivity contribution in [1.29, 1.82) is 0 Å². The molecular formula is C23H20Cl2N4O3. The number of aromatic nitrogens is 4. The Morgan fingerprint density at radius 2 is 1.97 bits per heavy atom. The first-order valence-electron chi connectivity index (χ1n) is 10.1. The second-order valence-corrected chi connectivity index (χ2v) is 8.25. The summed E-state index contributed by atoms with van der Waals surface area (Å²) in [7, 11) is 0. The highest BCUT2D eigenvalue weighted by molar-refractivity contribution is 6.35. The first-order chi connectivity index (χ1) is 15.6. The standard InChI is InChI=1S/C23H20Cl2N4O3/c24-17-6-7-20(21(25)12-17)23(15-28-11-9-26-16-28)31-14-19(32-23)13-30-22-8-10-29(27-22)18-4-2-1-3-5-18/h1-12,16,19H,13-15H2. The molecule has 0 aliphatic carbocycles. The second kappa shape index (κ2) is 8.96. The summed E-state index contributed by atoms with van der Waals surface area (Å²) >= 11 is 12.6. The molecule has 4 aromatic rings. The Morgan fingerprint density at radius 1 is 1.09 bits per heavy atom. The van der Waals surface area contributed by atoms with Gasteiger partial charge >= 0.3 is 0 Å². The van der Waals surface area contributed by atoms with E-state index in [1.165, 1.54) is 0 Å². The Morgan fingerprint density at radius 3 is 2.75 bits per heavy atom. The molecule has 0 amide bonds. The van der Waals surface area contributed by atoms with Gasteiger partial charge in [0, 0.05) is 35.2 Å². The predicted octanol–water partition coefficient (Wildman–Crippen LogP) is 4.72. The van der Waals surface area contributed by atoms with Gasteiger partial charge in [-0.25, -0.2) is 9.67 Å². The lowest BCUT2D eigenvalue weighted by atomic mass is 10.1. The van der Waals surface area contributed by atoms with Crippen LogP contribution in [0.5, 0.6) is 5.88 Å². The zero-order chi connectivity index (χ0) is 22.0. The smallest absolute Gasteiger partial charge is 0.233 e. The predicted molar refractivity (Wildman–Crippen MR) is 120 cm³/mol. The van der Waals surface area contributed by atoms with E-state index in [1.54, 1.807) is 29.3 Å². The van der Waals surface area contributed by atoms with E-state index in [4.69, 9.17) is 37.4 Å². The molecule has 7 nitrogen and oxygen atoms in total. The van der Waals surface area contributed by atoms with Gasteiger partial charge in [-0.3, -0.25) is 0 Å². The van der Waals surface area contributed by atoms with Crippen LogP contribution >= 0.6 is 23.2 Å². The number of ether oxygens (including phenoxy) is 3. The van der Waals surface area contributed by atoms with Crippen molar-refractivity contribution in [3.05, 3.63) is 95.1 Å². The molecule has 5 rings (SSSR count). The molecule has 1 aliphatic rings. The molecule has 1 fully saturated rings. The minimum atomic E-state index is -1.08. The second-order valence-electron chi connectivity index (χ2n) is 7.41. The highest BCUT2D eigenvalue weighted by atomic mass is 35.5. The van der Waals surface area contributed by atoms with Crippen molar-refractivity contribution in [2.24, 2.45) is 0 Å². The monoisotopic (exact) mass is 470 g/mol. The topological polar surface area (TPSA) is 63.3 Å². The van der Waals surface area contributed by atoms with Crippen LogP contribution in [0.2, 0.25) is 10.0 Å². The molecular weight excluding hydrogens is 451 g/mol. The fraction of sp³-hybridized carbons (Fsp3) is 0.217. The van der Waals surface area contributed by atoms with Gasteiger partial charge in [-0.1, -0.05) is 47.5 Å². The van der Waals surface area contributed by atoms with Crippen molar-refractivity contribution in [3.63, 3.8) is 0 Å². The van der Waals surface area contributed by atoms with Crippen molar-refractivity contribution in [1.82, 2.24) is 19.3 Å². The van der Waals surface area contributed by atoms with Crippen LogP contribution in [0.4, 0.5) is 0 Å². The van der Waals surface area contributed by atoms with E-state index >= 15 is 0 Å². The largest absolute Gasteiger partial charge is 0.474 e. The number of rotatable bonds is 7. The summed E-state index contributed by atoms with van der Waals surface area (Å²) in [4.78, 5) is 4.11. The average Bonchev–Trinajstić information content (AvgIpc) is 3.55. The Balaban J connectivity index is 1.31. The van der Waals surface area contributed by atoms with Crippen LogP contribution in [0, 0.1) is 0 Å². The molecule has 164 valence electrons. The SMILES string of the molecule is Clc1ccc(C2(Cn3ccnc3)OCC(COc3ccn(-c4ccccc4)n3)O2)c(Cl)c1. The fourth-order valence-corrected chi connectivity index (χ4v) is 4.21. The van der Waals surface area contributed by atoms with E-state index in [2.05, 4.69) is 10.1 Å². The summed E-state index contributed by atoms with van der Waals surface area (Å²) in [5.74, 6) is -0.575. The molecule has 0 radical (unpaired) electrons. The number of hydrogen-bond acceptors (Lipinski definition) is 5. The van der Waals surface area contributed by atoms with E-state index in [0.717, 1.165) is 5.69 Å². The number of hydrogen-bond donors (Lipinski definition) is 0. The van der Waals surface area contributed by atoms with Crippen LogP contribution in [0.1, 0.15) is 5.56 Å². The van der Waals surface area contributed by atoms with E-state index in [-0.39, 0.29) is 12.7 Å². The van der Waals surface area contributed by atoms with Gasteiger partial charge in [0.25, 0.3) is 0 Å². The molecule has 9 heteroatoms. The Kier molecular flexibility index (Phi) is 5.89. The molecule has 1 saturated heterocycles. The first-order valence-corrected chi connectivity index (χ1v) is 10.8. The maximum absolute atomic E-state index is 6.51. The van der Waals surface area contributed by atoms with E-state index in [1.807, 2.05) is 59.4 Å². The van der Waals surface area contributed by atoms with Crippen molar-refractivity contribution >= 4 is 23.2 Å². The molecule has 3 heterocycles. The van der Waals surface area contributed by atoms with Gasteiger partial charge in [-0.05, 0) is 24.3 Å². The molecule has 0 bridgehead atoms. The number of halogens is 2. The zero-order valence-electron chi connectivity index (χ0n) is 17.0. The Labute approximate surface area is 195 Å². The summed E-state index contributed by atoms with van der Waals surface area (Å²) in [5, 5.41) is 5.49. The summed E-state index contributed by atoms with van der Waals surface area (Å²) < 4.78 is 22.1. The third kappa shape index (κ3) is 4.38. The van der Waals surface area contributed by atoms with Crippen LogP contribution in [0.3, 0.4) is 0 Å². The van der Waals surface area contributed by atoms with Gasteiger partial charge in [0.05, 0.1) is 30.2 Å². The normalized spacial score (nSPS) is 20.5. The van der Waals surface area contributed by atoms with Crippen LogP contribution < -0.4 is 4.74 Å². The zero-order valence-corrected chi connectivity index (χ0v) is 18.5. The maximum Gasteiger partial charge on any atom is 0.233 e. The summed E-state index contributed by atoms with van der Waals surface area (Å²) in [6.45, 7) is 1.00. The fourth-order valence-electron chi connectivity index (χ4n) is 3.66. The summed E-state index contributed by atoms with van der Waals surface area (Å²) in [5.41, 5.74) is 1.66. The minimum Gasteiger partial charge on any atom is -0.474 e. The lowest BCUT2D eigenvalue weighted by Gasteiger charge is -2.29. The Bertz CT molecular complexity index is 1180. The third-order valence-corrected chi connectivity index (χ3v) is 5.70. The van der Waals surface area contributed by atoms with Crippen LogP contribution in [0.25, 0.3) is 5.69 Å². The summed E-state index contributed by atoms with van der Waals surface area (Å²) in [6, 6.07) is 16.9. The van der Waals surface area contributed by atoms with Crippen molar-refractivity contribution < 1.29 is 14.2 Å². The van der Waals surface area contributed by atoms with Gasteiger partial charge in [0.2, 0.25) is 11.7 Å². The van der Waals surface area contributed by atoms with E-state index in [9.17, 15) is 0 Å². The molecule has 2 atom stereocenters. The van der Waals surface area contributed by atoms with E-state index < -0.39 is 5.79 Å². The molecule has 0 saturated carbocycles. The van der Waals surface area contributed by atoms with Crippen molar-refractivity contribution in [2.75, 3.05) is 13.2 Å². The molecule has 1 aliphatic heterocycles. The van der Waals surface area contributed by atoms with Gasteiger partial charge in [0.15, 0.2) is 0 Å². The van der Waals surface area contributed by atoms with Gasteiger partial charge in [0.1, 0.15) is 12.7 Å². The number of nitrogens with zero attached hydrogens (tertiary/aromatic N) is 4. The molecule has 2 aromatic carbocycles. The highest BCUT2D eigenvalue weighted by Crippen LogP contribution is 2.40. The number of imidazole rings is 1. The van der Waals surface area contributed by atoms with Gasteiger partial charge in [-0.2, -0.15) is 0 Å². The van der Waals surface area contributed by atoms with Crippen molar-refractivity contribution in [2.45, 2.75) is 18.4 Å². The van der Waals surface area contributed by atoms with E-state index in [0.29, 0.717) is 34.6 Å². The lowest BCUT2D eigenvalue weighted by molar-refractivity contribution is -0.189.